The summed E-state index contributed by atoms with van der Waals surface area (Å²) in [6, 6.07) is -0.0998. The summed E-state index contributed by atoms with van der Waals surface area (Å²) in [5, 5.41) is 0. The van der Waals surface area contributed by atoms with Gasteiger partial charge in [0.2, 0.25) is 11.8 Å². The van der Waals surface area contributed by atoms with Crippen molar-refractivity contribution >= 4 is 17.8 Å². The zero-order valence-electron chi connectivity index (χ0n) is 12.4. The molecule has 3 fully saturated rings. The molecule has 6 heteroatoms. The first-order chi connectivity index (χ1) is 10.1. The molecule has 1 saturated carbocycles. The minimum absolute atomic E-state index is 0.0537. The van der Waals surface area contributed by atoms with E-state index >= 15 is 0 Å². The Bertz CT molecular complexity index is 461. The third-order valence-electron chi connectivity index (χ3n) is 4.59. The van der Waals surface area contributed by atoms with Crippen molar-refractivity contribution in [3.05, 3.63) is 0 Å². The van der Waals surface area contributed by atoms with Gasteiger partial charge < -0.3 is 14.5 Å². The Morgan fingerprint density at radius 2 is 2.05 bits per heavy atom. The number of hydrogen-bond donors (Lipinski definition) is 0. The molecule has 2 heterocycles. The van der Waals surface area contributed by atoms with Crippen molar-refractivity contribution in [2.75, 3.05) is 19.7 Å². The van der Waals surface area contributed by atoms with Crippen molar-refractivity contribution < 1.29 is 19.1 Å². The molecule has 6 nitrogen and oxygen atoms in total. The van der Waals surface area contributed by atoms with Gasteiger partial charge in [-0.25, -0.2) is 4.79 Å². The highest BCUT2D eigenvalue weighted by Crippen LogP contribution is 2.34. The lowest BCUT2D eigenvalue weighted by Gasteiger charge is -2.25. The van der Waals surface area contributed by atoms with Crippen LogP contribution >= 0.6 is 0 Å². The highest BCUT2D eigenvalue weighted by molar-refractivity contribution is 5.92. The predicted molar refractivity (Wildman–Crippen MR) is 74.2 cm³/mol. The number of likely N-dealkylation sites (tertiary alicyclic amines) is 2. The molecule has 3 rings (SSSR count). The van der Waals surface area contributed by atoms with Crippen molar-refractivity contribution in [3.63, 3.8) is 0 Å². The molecule has 2 atom stereocenters. The molecule has 0 aromatic rings. The van der Waals surface area contributed by atoms with E-state index in [1.54, 1.807) is 11.8 Å². The first-order valence-corrected chi connectivity index (χ1v) is 7.88. The minimum Gasteiger partial charge on any atom is -0.464 e. The second-order valence-corrected chi connectivity index (χ2v) is 6.12. The Labute approximate surface area is 124 Å². The first kappa shape index (κ1) is 14.4. The number of amides is 2. The fraction of sp³-hybridized carbons (Fsp3) is 0.800. The zero-order chi connectivity index (χ0) is 15.0. The molecule has 1 aliphatic carbocycles. The van der Waals surface area contributed by atoms with Crippen LogP contribution in [0.15, 0.2) is 0 Å². The molecule has 116 valence electrons. The van der Waals surface area contributed by atoms with E-state index in [1.165, 1.54) is 0 Å². The zero-order valence-corrected chi connectivity index (χ0v) is 12.4. The molecule has 21 heavy (non-hydrogen) atoms. The summed E-state index contributed by atoms with van der Waals surface area (Å²) in [5.41, 5.74) is 0. The third-order valence-corrected chi connectivity index (χ3v) is 4.59. The monoisotopic (exact) mass is 294 g/mol. The maximum Gasteiger partial charge on any atom is 0.328 e. The Kier molecular flexibility index (Phi) is 3.87. The number of nitrogens with zero attached hydrogens (tertiary/aromatic N) is 2. The topological polar surface area (TPSA) is 66.9 Å². The molecule has 0 spiro atoms. The van der Waals surface area contributed by atoms with Crippen molar-refractivity contribution in [1.82, 2.24) is 9.80 Å². The van der Waals surface area contributed by atoms with E-state index < -0.39 is 6.04 Å². The maximum atomic E-state index is 12.6. The van der Waals surface area contributed by atoms with Crippen LogP contribution in [0, 0.1) is 5.92 Å². The second kappa shape index (κ2) is 5.66. The Hall–Kier alpha value is -1.59. The van der Waals surface area contributed by atoms with Crippen molar-refractivity contribution in [1.29, 1.82) is 0 Å². The van der Waals surface area contributed by atoms with Crippen LogP contribution in [-0.2, 0) is 19.1 Å². The van der Waals surface area contributed by atoms with Gasteiger partial charge in [0.1, 0.15) is 6.04 Å². The molecule has 2 saturated heterocycles. The highest BCUT2D eigenvalue weighted by atomic mass is 16.5. The van der Waals surface area contributed by atoms with Gasteiger partial charge in [-0.2, -0.15) is 0 Å². The van der Waals surface area contributed by atoms with Gasteiger partial charge in [-0.05, 0) is 32.6 Å². The van der Waals surface area contributed by atoms with E-state index in [2.05, 4.69) is 0 Å². The van der Waals surface area contributed by atoms with E-state index in [4.69, 9.17) is 4.74 Å². The third kappa shape index (κ3) is 2.76. The van der Waals surface area contributed by atoms with Gasteiger partial charge in [0, 0.05) is 25.6 Å². The van der Waals surface area contributed by atoms with Crippen LogP contribution < -0.4 is 0 Å². The fourth-order valence-electron chi connectivity index (χ4n) is 3.38. The molecule has 2 unspecified atom stereocenters. The molecule has 0 aromatic heterocycles. The number of rotatable bonds is 4. The molecular weight excluding hydrogens is 272 g/mol. The maximum absolute atomic E-state index is 12.6. The lowest BCUT2D eigenvalue weighted by atomic mass is 10.1. The smallest absolute Gasteiger partial charge is 0.328 e. The molecule has 0 radical (unpaired) electrons. The molecule has 3 aliphatic rings. The quantitative estimate of drug-likeness (QED) is 0.710. The summed E-state index contributed by atoms with van der Waals surface area (Å²) < 4.78 is 5.05. The van der Waals surface area contributed by atoms with Gasteiger partial charge in [0.25, 0.3) is 0 Å². The van der Waals surface area contributed by atoms with Crippen LogP contribution in [0.4, 0.5) is 0 Å². The number of carbonyl (C=O) groups is 3. The number of hydrogen-bond acceptors (Lipinski definition) is 4. The lowest BCUT2D eigenvalue weighted by Crippen LogP contribution is -2.44. The van der Waals surface area contributed by atoms with Gasteiger partial charge in [0.05, 0.1) is 12.5 Å². The molecule has 2 aliphatic heterocycles. The Morgan fingerprint density at radius 3 is 2.71 bits per heavy atom. The number of ether oxygens (including phenoxy) is 1. The van der Waals surface area contributed by atoms with Crippen LogP contribution in [0.5, 0.6) is 0 Å². The minimum atomic E-state index is -0.456. The van der Waals surface area contributed by atoms with Gasteiger partial charge >= 0.3 is 5.97 Å². The largest absolute Gasteiger partial charge is 0.464 e. The summed E-state index contributed by atoms with van der Waals surface area (Å²) in [6.45, 7) is 3.21. The highest BCUT2D eigenvalue weighted by Gasteiger charge is 2.45. The lowest BCUT2D eigenvalue weighted by molar-refractivity contribution is -0.154. The van der Waals surface area contributed by atoms with Crippen LogP contribution in [0.1, 0.15) is 39.0 Å². The number of esters is 1. The number of carbonyl (C=O) groups excluding carboxylic acids is 3. The standard InChI is InChI=1S/C15H22N2O4/c1-2-21-15(20)12-4-3-7-16(12)14(19)10-8-13(18)17(9-10)11-5-6-11/h10-12H,2-9H2,1H3. The van der Waals surface area contributed by atoms with Crippen molar-refractivity contribution in [2.45, 2.75) is 51.1 Å². The molecule has 2 amide bonds. The van der Waals surface area contributed by atoms with Crippen LogP contribution in [0.25, 0.3) is 0 Å². The average Bonchev–Trinajstić information content (AvgIpc) is 3.04. The van der Waals surface area contributed by atoms with Gasteiger partial charge in [-0.15, -0.1) is 0 Å². The van der Waals surface area contributed by atoms with E-state index in [0.29, 0.717) is 38.6 Å². The Balaban J connectivity index is 1.64. The van der Waals surface area contributed by atoms with Gasteiger partial charge in [0.15, 0.2) is 0 Å². The summed E-state index contributed by atoms with van der Waals surface area (Å²) in [7, 11) is 0. The SMILES string of the molecule is CCOC(=O)C1CCCN1C(=O)C1CC(=O)N(C2CC2)C1. The summed E-state index contributed by atoms with van der Waals surface area (Å²) in [6.07, 6.45) is 3.89. The van der Waals surface area contributed by atoms with Gasteiger partial charge in [-0.1, -0.05) is 0 Å². The summed E-state index contributed by atoms with van der Waals surface area (Å²) >= 11 is 0. The first-order valence-electron chi connectivity index (χ1n) is 7.88. The van der Waals surface area contributed by atoms with E-state index in [9.17, 15) is 14.4 Å². The van der Waals surface area contributed by atoms with Crippen LogP contribution in [0.2, 0.25) is 0 Å². The molecular formula is C15H22N2O4. The average molecular weight is 294 g/mol. The Morgan fingerprint density at radius 1 is 1.29 bits per heavy atom. The molecule has 0 N–H and O–H groups in total. The van der Waals surface area contributed by atoms with Crippen LogP contribution in [0.3, 0.4) is 0 Å². The van der Waals surface area contributed by atoms with E-state index in [-0.39, 0.29) is 23.7 Å². The second-order valence-electron chi connectivity index (χ2n) is 6.12. The molecule has 0 aromatic carbocycles. The predicted octanol–water partition coefficient (Wildman–Crippen LogP) is 0.551. The van der Waals surface area contributed by atoms with Crippen molar-refractivity contribution in [3.8, 4) is 0 Å². The summed E-state index contributed by atoms with van der Waals surface area (Å²) in [4.78, 5) is 40.0. The van der Waals surface area contributed by atoms with Crippen LogP contribution in [-0.4, -0.2) is 59.4 Å². The van der Waals surface area contributed by atoms with E-state index in [0.717, 1.165) is 19.3 Å². The normalized spacial score (nSPS) is 29.1. The molecule has 0 bridgehead atoms. The van der Waals surface area contributed by atoms with Crippen molar-refractivity contribution in [2.24, 2.45) is 5.92 Å². The van der Waals surface area contributed by atoms with Gasteiger partial charge in [-0.3, -0.25) is 9.59 Å². The van der Waals surface area contributed by atoms with E-state index in [1.807, 2.05) is 4.90 Å². The summed E-state index contributed by atoms with van der Waals surface area (Å²) in [5.74, 6) is -0.565. The fourth-order valence-corrected chi connectivity index (χ4v) is 3.38.